The smallest absolute Gasteiger partial charge is 0.241 e. The Bertz CT molecular complexity index is 943. The minimum atomic E-state index is -0.765. The highest BCUT2D eigenvalue weighted by molar-refractivity contribution is 5.97. The fourth-order valence-electron chi connectivity index (χ4n) is 4.63. The molecule has 0 saturated carbocycles. The molecule has 0 bridgehead atoms. The zero-order chi connectivity index (χ0) is 21.5. The number of carbonyl (C=O) groups is 1. The molecule has 1 amide bonds. The number of carbonyl (C=O) groups excluding carboxylic acids is 1. The number of aliphatic hydroxyl groups is 1. The van der Waals surface area contributed by atoms with Gasteiger partial charge in [-0.1, -0.05) is 38.1 Å². The summed E-state index contributed by atoms with van der Waals surface area (Å²) in [5.41, 5.74) is 4.15. The van der Waals surface area contributed by atoms with Crippen molar-refractivity contribution in [2.75, 3.05) is 37.6 Å². The maximum Gasteiger partial charge on any atom is 0.241 e. The van der Waals surface area contributed by atoms with Gasteiger partial charge in [0.25, 0.3) is 0 Å². The SMILES string of the molecule is Cc1ccccc1C(O)c1cnc2c(c1)N(C(=O)CN1CCNC(C)C1)CC2(C)C. The monoisotopic (exact) mass is 408 g/mol. The minimum Gasteiger partial charge on any atom is -0.384 e. The van der Waals surface area contributed by atoms with Gasteiger partial charge in [-0.3, -0.25) is 14.7 Å². The van der Waals surface area contributed by atoms with E-state index in [0.29, 0.717) is 24.7 Å². The first-order chi connectivity index (χ1) is 14.3. The Balaban J connectivity index is 1.61. The molecule has 2 aliphatic heterocycles. The Labute approximate surface area is 178 Å². The number of anilines is 1. The zero-order valence-electron chi connectivity index (χ0n) is 18.4. The van der Waals surface area contributed by atoms with Crippen LogP contribution in [0.4, 0.5) is 5.69 Å². The molecule has 2 atom stereocenters. The maximum absolute atomic E-state index is 13.2. The molecular weight excluding hydrogens is 376 g/mol. The van der Waals surface area contributed by atoms with E-state index in [0.717, 1.165) is 42.1 Å². The van der Waals surface area contributed by atoms with Gasteiger partial charge >= 0.3 is 0 Å². The highest BCUT2D eigenvalue weighted by atomic mass is 16.3. The van der Waals surface area contributed by atoms with Crippen LogP contribution in [0.3, 0.4) is 0 Å². The molecule has 1 aromatic heterocycles. The molecule has 2 N–H and O–H groups in total. The van der Waals surface area contributed by atoms with Gasteiger partial charge in [-0.2, -0.15) is 0 Å². The molecule has 2 unspecified atom stereocenters. The summed E-state index contributed by atoms with van der Waals surface area (Å²) >= 11 is 0. The third kappa shape index (κ3) is 4.00. The highest BCUT2D eigenvalue weighted by Gasteiger charge is 2.40. The molecule has 4 rings (SSSR count). The average Bonchev–Trinajstić information content (AvgIpc) is 2.98. The van der Waals surface area contributed by atoms with Crippen LogP contribution in [0.25, 0.3) is 0 Å². The minimum absolute atomic E-state index is 0.0975. The number of pyridine rings is 1. The van der Waals surface area contributed by atoms with Crippen LogP contribution in [0.2, 0.25) is 0 Å². The predicted molar refractivity (Wildman–Crippen MR) is 119 cm³/mol. The van der Waals surface area contributed by atoms with Gasteiger partial charge in [0, 0.05) is 49.4 Å². The Morgan fingerprint density at radius 3 is 2.87 bits per heavy atom. The van der Waals surface area contributed by atoms with Crippen LogP contribution in [-0.4, -0.2) is 59.7 Å². The van der Waals surface area contributed by atoms with Gasteiger partial charge in [-0.05, 0) is 31.0 Å². The van der Waals surface area contributed by atoms with Gasteiger partial charge in [-0.25, -0.2) is 0 Å². The summed E-state index contributed by atoms with van der Waals surface area (Å²) < 4.78 is 0. The molecular formula is C24H32N4O2. The number of rotatable bonds is 4. The Hall–Kier alpha value is -2.28. The van der Waals surface area contributed by atoms with Crippen molar-refractivity contribution >= 4 is 11.6 Å². The number of aryl methyl sites for hydroxylation is 1. The third-order valence-electron chi connectivity index (χ3n) is 6.29. The van der Waals surface area contributed by atoms with Crippen LogP contribution >= 0.6 is 0 Å². The summed E-state index contributed by atoms with van der Waals surface area (Å²) in [5.74, 6) is 0.0975. The largest absolute Gasteiger partial charge is 0.384 e. The van der Waals surface area contributed by atoms with E-state index in [1.54, 1.807) is 6.20 Å². The number of aliphatic hydroxyl groups excluding tert-OH is 1. The third-order valence-corrected chi connectivity index (χ3v) is 6.29. The lowest BCUT2D eigenvalue weighted by Gasteiger charge is -2.32. The highest BCUT2D eigenvalue weighted by Crippen LogP contribution is 2.41. The van der Waals surface area contributed by atoms with Gasteiger partial charge in [0.1, 0.15) is 6.10 Å². The molecule has 1 saturated heterocycles. The summed E-state index contributed by atoms with van der Waals surface area (Å²) in [4.78, 5) is 22.0. The summed E-state index contributed by atoms with van der Waals surface area (Å²) in [6.45, 7) is 12.1. The molecule has 1 aromatic carbocycles. The van der Waals surface area contributed by atoms with E-state index in [1.807, 2.05) is 42.2 Å². The standard InChI is InChI=1S/C24H32N4O2/c1-16-7-5-6-8-19(16)22(30)18-11-20-23(26-12-18)24(3,4)15-28(20)21(29)14-27-10-9-25-17(2)13-27/h5-8,11-12,17,22,25,30H,9-10,13-15H2,1-4H3. The lowest BCUT2D eigenvalue weighted by Crippen LogP contribution is -2.52. The summed E-state index contributed by atoms with van der Waals surface area (Å²) in [5, 5.41) is 14.4. The first-order valence-electron chi connectivity index (χ1n) is 10.8. The topological polar surface area (TPSA) is 68.7 Å². The average molecular weight is 409 g/mol. The lowest BCUT2D eigenvalue weighted by molar-refractivity contribution is -0.120. The molecule has 6 heteroatoms. The molecule has 3 heterocycles. The van der Waals surface area contributed by atoms with E-state index in [2.05, 4.69) is 31.0 Å². The fourth-order valence-corrected chi connectivity index (χ4v) is 4.63. The van der Waals surface area contributed by atoms with Crippen LogP contribution in [-0.2, 0) is 10.2 Å². The number of piperazine rings is 1. The van der Waals surface area contributed by atoms with Gasteiger partial charge < -0.3 is 15.3 Å². The number of hydrogen-bond donors (Lipinski definition) is 2. The molecule has 1 fully saturated rings. The molecule has 2 aliphatic rings. The van der Waals surface area contributed by atoms with Crippen molar-refractivity contribution in [1.29, 1.82) is 0 Å². The number of nitrogens with zero attached hydrogens (tertiary/aromatic N) is 3. The Morgan fingerprint density at radius 1 is 1.37 bits per heavy atom. The van der Waals surface area contributed by atoms with Crippen molar-refractivity contribution in [2.24, 2.45) is 0 Å². The second-order valence-corrected chi connectivity index (χ2v) is 9.35. The number of aromatic nitrogens is 1. The van der Waals surface area contributed by atoms with E-state index < -0.39 is 6.10 Å². The summed E-state index contributed by atoms with van der Waals surface area (Å²) in [7, 11) is 0. The van der Waals surface area contributed by atoms with Gasteiger partial charge in [0.05, 0.1) is 17.9 Å². The van der Waals surface area contributed by atoms with E-state index in [-0.39, 0.29) is 11.3 Å². The second-order valence-electron chi connectivity index (χ2n) is 9.35. The van der Waals surface area contributed by atoms with Crippen LogP contribution in [0, 0.1) is 6.92 Å². The zero-order valence-corrected chi connectivity index (χ0v) is 18.4. The lowest BCUT2D eigenvalue weighted by atomic mass is 9.90. The van der Waals surface area contributed by atoms with Gasteiger partial charge in [-0.15, -0.1) is 0 Å². The molecule has 0 radical (unpaired) electrons. The van der Waals surface area contributed by atoms with Crippen molar-refractivity contribution in [3.63, 3.8) is 0 Å². The van der Waals surface area contributed by atoms with E-state index >= 15 is 0 Å². The Kier molecular flexibility index (Phi) is 5.66. The molecule has 2 aromatic rings. The number of hydrogen-bond acceptors (Lipinski definition) is 5. The van der Waals surface area contributed by atoms with Crippen LogP contribution in [0.1, 0.15) is 49.3 Å². The second kappa shape index (κ2) is 8.10. The molecule has 30 heavy (non-hydrogen) atoms. The molecule has 0 spiro atoms. The summed E-state index contributed by atoms with van der Waals surface area (Å²) in [6.07, 6.45) is 0.989. The molecule has 160 valence electrons. The fraction of sp³-hybridized carbons (Fsp3) is 0.500. The van der Waals surface area contributed by atoms with Crippen molar-refractivity contribution in [3.05, 3.63) is 58.9 Å². The number of nitrogens with one attached hydrogen (secondary N) is 1. The first kappa shape index (κ1) is 21.0. The maximum atomic E-state index is 13.2. The predicted octanol–water partition coefficient (Wildman–Crippen LogP) is 2.39. The van der Waals surface area contributed by atoms with Gasteiger partial charge in [0.15, 0.2) is 0 Å². The first-order valence-corrected chi connectivity index (χ1v) is 10.8. The normalized spacial score (nSPS) is 22.0. The van der Waals surface area contributed by atoms with Crippen molar-refractivity contribution in [3.8, 4) is 0 Å². The van der Waals surface area contributed by atoms with E-state index in [4.69, 9.17) is 4.98 Å². The number of amides is 1. The van der Waals surface area contributed by atoms with Crippen molar-refractivity contribution in [1.82, 2.24) is 15.2 Å². The number of benzene rings is 1. The van der Waals surface area contributed by atoms with Crippen molar-refractivity contribution < 1.29 is 9.90 Å². The van der Waals surface area contributed by atoms with Gasteiger partial charge in [0.2, 0.25) is 5.91 Å². The molecule has 6 nitrogen and oxygen atoms in total. The van der Waals surface area contributed by atoms with E-state index in [1.165, 1.54) is 0 Å². The van der Waals surface area contributed by atoms with Crippen LogP contribution in [0.5, 0.6) is 0 Å². The van der Waals surface area contributed by atoms with E-state index in [9.17, 15) is 9.90 Å². The van der Waals surface area contributed by atoms with Crippen LogP contribution in [0.15, 0.2) is 36.5 Å². The quantitative estimate of drug-likeness (QED) is 0.813. The van der Waals surface area contributed by atoms with Crippen LogP contribution < -0.4 is 10.2 Å². The number of fused-ring (bicyclic) bond motifs is 1. The Morgan fingerprint density at radius 2 is 2.13 bits per heavy atom. The summed E-state index contributed by atoms with van der Waals surface area (Å²) in [6, 6.07) is 10.2. The molecule has 0 aliphatic carbocycles. The van der Waals surface area contributed by atoms with Crippen molar-refractivity contribution in [2.45, 2.75) is 45.3 Å².